The number of rotatable bonds is 8. The molecule has 0 radical (unpaired) electrons. The van der Waals surface area contributed by atoms with Crippen molar-refractivity contribution in [1.82, 2.24) is 10.7 Å². The van der Waals surface area contributed by atoms with Crippen molar-refractivity contribution < 1.29 is 29.3 Å². The van der Waals surface area contributed by atoms with Crippen LogP contribution >= 0.6 is 0 Å². The zero-order chi connectivity index (χ0) is 24.5. The average molecular weight is 461 g/mol. The zero-order valence-electron chi connectivity index (χ0n) is 18.5. The van der Waals surface area contributed by atoms with Crippen LogP contribution in [0.4, 0.5) is 0 Å². The molecule has 0 bridgehead atoms. The maximum Gasteiger partial charge on any atom is 0.287 e. The van der Waals surface area contributed by atoms with Crippen molar-refractivity contribution in [2.45, 2.75) is 0 Å². The van der Waals surface area contributed by atoms with Gasteiger partial charge in [-0.2, -0.15) is 5.10 Å². The van der Waals surface area contributed by atoms with Gasteiger partial charge in [0.05, 0.1) is 20.4 Å². The number of phenolic OH excluding ortho intramolecular Hbond substituents is 2. The molecule has 0 aliphatic rings. The highest BCUT2D eigenvalue weighted by Crippen LogP contribution is 2.28. The van der Waals surface area contributed by atoms with Gasteiger partial charge in [-0.1, -0.05) is 24.3 Å². The van der Waals surface area contributed by atoms with E-state index in [4.69, 9.17) is 9.47 Å². The summed E-state index contributed by atoms with van der Waals surface area (Å²) in [4.78, 5) is 25.5. The second-order valence-electron chi connectivity index (χ2n) is 6.93. The van der Waals surface area contributed by atoms with Crippen LogP contribution in [0.25, 0.3) is 6.08 Å². The number of hydrogen-bond acceptors (Lipinski definition) is 7. The molecule has 34 heavy (non-hydrogen) atoms. The standard InChI is InChI=1S/C25H23N3O6/c1-33-22-11-8-16(13-23(22)34-2)12-20(27-24(31)17-6-4-3-5-7-17)25(32)28-26-15-18-9-10-19(29)14-21(18)30/h3-15,29-30H,1-2H3,(H,27,31)(H,28,32). The minimum atomic E-state index is -0.700. The average Bonchev–Trinajstić information content (AvgIpc) is 2.85. The first-order valence-electron chi connectivity index (χ1n) is 10.1. The monoisotopic (exact) mass is 461 g/mol. The molecule has 9 nitrogen and oxygen atoms in total. The van der Waals surface area contributed by atoms with Gasteiger partial charge in [0, 0.05) is 17.2 Å². The van der Waals surface area contributed by atoms with Crippen molar-refractivity contribution in [2.75, 3.05) is 14.2 Å². The van der Waals surface area contributed by atoms with Crippen LogP contribution in [0.2, 0.25) is 0 Å². The second kappa shape index (κ2) is 11.2. The Bertz CT molecular complexity index is 1240. The molecule has 0 heterocycles. The molecule has 3 aromatic carbocycles. The predicted octanol–water partition coefficient (Wildman–Crippen LogP) is 3.04. The molecular weight excluding hydrogens is 438 g/mol. The third-order valence-electron chi connectivity index (χ3n) is 4.63. The Kier molecular flexibility index (Phi) is 7.85. The number of benzene rings is 3. The van der Waals surface area contributed by atoms with E-state index in [1.807, 2.05) is 0 Å². The first-order chi connectivity index (χ1) is 16.4. The highest BCUT2D eigenvalue weighted by Gasteiger charge is 2.15. The Morgan fingerprint density at radius 1 is 0.912 bits per heavy atom. The van der Waals surface area contributed by atoms with E-state index in [2.05, 4.69) is 15.8 Å². The van der Waals surface area contributed by atoms with E-state index in [0.29, 0.717) is 22.6 Å². The van der Waals surface area contributed by atoms with E-state index in [-0.39, 0.29) is 22.8 Å². The Morgan fingerprint density at radius 2 is 1.65 bits per heavy atom. The third-order valence-corrected chi connectivity index (χ3v) is 4.63. The van der Waals surface area contributed by atoms with Crippen molar-refractivity contribution in [1.29, 1.82) is 0 Å². The van der Waals surface area contributed by atoms with Crippen LogP contribution in [0.3, 0.4) is 0 Å². The van der Waals surface area contributed by atoms with Gasteiger partial charge in [-0.3, -0.25) is 9.59 Å². The highest BCUT2D eigenvalue weighted by molar-refractivity contribution is 6.05. The van der Waals surface area contributed by atoms with E-state index in [9.17, 15) is 19.8 Å². The first-order valence-corrected chi connectivity index (χ1v) is 10.1. The van der Waals surface area contributed by atoms with Gasteiger partial charge in [-0.15, -0.1) is 0 Å². The van der Waals surface area contributed by atoms with Gasteiger partial charge in [0.2, 0.25) is 0 Å². The first kappa shape index (κ1) is 23.9. The van der Waals surface area contributed by atoms with Gasteiger partial charge < -0.3 is 25.0 Å². The van der Waals surface area contributed by atoms with Gasteiger partial charge in [0.25, 0.3) is 11.8 Å². The smallest absolute Gasteiger partial charge is 0.287 e. The number of phenols is 2. The minimum absolute atomic E-state index is 0.0758. The van der Waals surface area contributed by atoms with Gasteiger partial charge in [0.15, 0.2) is 11.5 Å². The van der Waals surface area contributed by atoms with Crippen molar-refractivity contribution in [3.8, 4) is 23.0 Å². The maximum atomic E-state index is 12.9. The van der Waals surface area contributed by atoms with Crippen molar-refractivity contribution in [3.05, 3.63) is 89.1 Å². The number of nitrogens with zero attached hydrogens (tertiary/aromatic N) is 1. The summed E-state index contributed by atoms with van der Waals surface area (Å²) in [5, 5.41) is 25.6. The maximum absolute atomic E-state index is 12.9. The van der Waals surface area contributed by atoms with Crippen LogP contribution in [-0.4, -0.2) is 42.5 Å². The topological polar surface area (TPSA) is 129 Å². The van der Waals surface area contributed by atoms with Crippen molar-refractivity contribution in [3.63, 3.8) is 0 Å². The van der Waals surface area contributed by atoms with Crippen LogP contribution in [0, 0.1) is 0 Å². The molecule has 0 saturated carbocycles. The Labute approximate surface area is 196 Å². The van der Waals surface area contributed by atoms with Gasteiger partial charge in [-0.05, 0) is 48.0 Å². The molecule has 0 aliphatic heterocycles. The fourth-order valence-electron chi connectivity index (χ4n) is 2.91. The van der Waals surface area contributed by atoms with Crippen LogP contribution in [0.5, 0.6) is 23.0 Å². The fraction of sp³-hybridized carbons (Fsp3) is 0.0800. The summed E-state index contributed by atoms with van der Waals surface area (Å²) in [7, 11) is 3.00. The van der Waals surface area contributed by atoms with Crippen LogP contribution in [0.15, 0.2) is 77.5 Å². The van der Waals surface area contributed by atoms with E-state index in [0.717, 1.165) is 6.07 Å². The number of carbonyl (C=O) groups is 2. The zero-order valence-corrected chi connectivity index (χ0v) is 18.5. The molecule has 0 saturated heterocycles. The summed E-state index contributed by atoms with van der Waals surface area (Å²) in [6.07, 6.45) is 2.67. The number of hydrogen-bond donors (Lipinski definition) is 4. The second-order valence-corrected chi connectivity index (χ2v) is 6.93. The normalized spacial score (nSPS) is 11.2. The largest absolute Gasteiger partial charge is 0.508 e. The lowest BCUT2D eigenvalue weighted by Gasteiger charge is -2.11. The summed E-state index contributed by atoms with van der Waals surface area (Å²) < 4.78 is 10.5. The van der Waals surface area contributed by atoms with Gasteiger partial charge >= 0.3 is 0 Å². The van der Waals surface area contributed by atoms with E-state index < -0.39 is 11.8 Å². The Hall–Kier alpha value is -4.79. The SMILES string of the molecule is COc1ccc(C=C(NC(=O)c2ccccc2)C(=O)NN=Cc2ccc(O)cc2O)cc1OC. The Balaban J connectivity index is 1.87. The number of carbonyl (C=O) groups excluding carboxylic acids is 2. The molecule has 0 unspecified atom stereocenters. The van der Waals surface area contributed by atoms with Crippen LogP contribution in [-0.2, 0) is 4.79 Å². The molecule has 3 rings (SSSR count). The Morgan fingerprint density at radius 3 is 2.32 bits per heavy atom. The van der Waals surface area contributed by atoms with E-state index in [1.54, 1.807) is 48.5 Å². The molecule has 174 valence electrons. The molecule has 2 amide bonds. The summed E-state index contributed by atoms with van der Waals surface area (Å²) in [6, 6.07) is 17.4. The number of aromatic hydroxyl groups is 2. The number of methoxy groups -OCH3 is 2. The number of amides is 2. The number of hydrazone groups is 1. The highest BCUT2D eigenvalue weighted by atomic mass is 16.5. The summed E-state index contributed by atoms with van der Waals surface area (Å²) in [5.74, 6) is -0.543. The molecule has 0 aliphatic carbocycles. The lowest BCUT2D eigenvalue weighted by Crippen LogP contribution is -2.32. The van der Waals surface area contributed by atoms with Gasteiger partial charge in [-0.25, -0.2) is 5.43 Å². The summed E-state index contributed by atoms with van der Waals surface area (Å²) >= 11 is 0. The predicted molar refractivity (Wildman–Crippen MR) is 127 cm³/mol. The molecule has 0 fully saturated rings. The molecule has 0 aromatic heterocycles. The fourth-order valence-corrected chi connectivity index (χ4v) is 2.91. The molecule has 3 aromatic rings. The quantitative estimate of drug-likeness (QED) is 0.232. The summed E-state index contributed by atoms with van der Waals surface area (Å²) in [6.45, 7) is 0. The van der Waals surface area contributed by atoms with Gasteiger partial charge in [0.1, 0.15) is 17.2 Å². The van der Waals surface area contributed by atoms with Crippen molar-refractivity contribution >= 4 is 24.1 Å². The lowest BCUT2D eigenvalue weighted by atomic mass is 10.1. The molecule has 9 heteroatoms. The van der Waals surface area contributed by atoms with Crippen LogP contribution < -0.4 is 20.2 Å². The number of nitrogens with one attached hydrogen (secondary N) is 2. The third kappa shape index (κ3) is 6.13. The molecule has 0 atom stereocenters. The van der Waals surface area contributed by atoms with Crippen LogP contribution in [0.1, 0.15) is 21.5 Å². The molecule has 4 N–H and O–H groups in total. The summed E-state index contributed by atoms with van der Waals surface area (Å²) in [5.41, 5.74) is 3.45. The van der Waals surface area contributed by atoms with Crippen molar-refractivity contribution in [2.24, 2.45) is 5.10 Å². The van der Waals surface area contributed by atoms with E-state index >= 15 is 0 Å². The number of ether oxygens (including phenoxy) is 2. The lowest BCUT2D eigenvalue weighted by molar-refractivity contribution is -0.117. The molecule has 0 spiro atoms. The van der Waals surface area contributed by atoms with E-state index in [1.165, 1.54) is 38.6 Å². The molecular formula is C25H23N3O6. The minimum Gasteiger partial charge on any atom is -0.508 e.